The van der Waals surface area contributed by atoms with E-state index < -0.39 is 30.1 Å². The number of likely N-dealkylation sites (tertiary alicyclic amines) is 1. The van der Waals surface area contributed by atoms with Crippen molar-refractivity contribution in [3.8, 4) is 0 Å². The van der Waals surface area contributed by atoms with Crippen LogP contribution in [0.1, 0.15) is 54.7 Å². The molecule has 39 heavy (non-hydrogen) atoms. The Kier molecular flexibility index (Phi) is 6.37. The molecular formula is C30H29F2N5O2. The Morgan fingerprint density at radius 2 is 1.85 bits per heavy atom. The molecule has 200 valence electrons. The fourth-order valence-corrected chi connectivity index (χ4v) is 5.44. The number of nitrogens with zero attached hydrogens (tertiary/aromatic N) is 3. The summed E-state index contributed by atoms with van der Waals surface area (Å²) >= 11 is 0. The summed E-state index contributed by atoms with van der Waals surface area (Å²) in [6.45, 7) is 1.84. The van der Waals surface area contributed by atoms with Gasteiger partial charge in [-0.3, -0.25) is 14.7 Å². The Labute approximate surface area is 224 Å². The molecule has 6 rings (SSSR count). The third kappa shape index (κ3) is 4.89. The third-order valence-corrected chi connectivity index (χ3v) is 7.98. The highest BCUT2D eigenvalue weighted by atomic mass is 19.1. The number of carbonyl (C=O) groups excluding carboxylic acids is 2. The van der Waals surface area contributed by atoms with Crippen LogP contribution in [0.15, 0.2) is 66.7 Å². The molecule has 1 saturated carbocycles. The zero-order chi connectivity index (χ0) is 27.1. The number of halogens is 2. The first-order chi connectivity index (χ1) is 18.8. The maximum atomic E-state index is 15.1. The van der Waals surface area contributed by atoms with Crippen LogP contribution in [0.5, 0.6) is 0 Å². The van der Waals surface area contributed by atoms with Crippen LogP contribution in [-0.4, -0.2) is 50.7 Å². The van der Waals surface area contributed by atoms with Crippen molar-refractivity contribution in [3.63, 3.8) is 0 Å². The van der Waals surface area contributed by atoms with Crippen molar-refractivity contribution in [3.05, 3.63) is 95.2 Å². The number of para-hydroxylation sites is 1. The second kappa shape index (κ2) is 9.87. The summed E-state index contributed by atoms with van der Waals surface area (Å²) < 4.78 is 29.7. The van der Waals surface area contributed by atoms with Gasteiger partial charge in [-0.2, -0.15) is 9.49 Å². The summed E-state index contributed by atoms with van der Waals surface area (Å²) in [6.07, 6.45) is 0.350. The van der Waals surface area contributed by atoms with Crippen LogP contribution in [-0.2, 0) is 21.4 Å². The van der Waals surface area contributed by atoms with Crippen LogP contribution in [0.2, 0.25) is 0 Å². The molecule has 2 aliphatic rings. The SMILES string of the molecule is CC1(c2ccc([C@@H](NC(=O)[C@@H]3C[C@@H](F)CN3C(=O)Cc3[nH]nc4ccccc34)c3ccccc3)nc2F)CC1. The molecule has 2 N–H and O–H groups in total. The summed E-state index contributed by atoms with van der Waals surface area (Å²) in [5.74, 6) is -1.42. The first-order valence-electron chi connectivity index (χ1n) is 13.2. The Morgan fingerprint density at radius 3 is 2.59 bits per heavy atom. The van der Waals surface area contributed by atoms with Crippen LogP contribution in [0.4, 0.5) is 8.78 Å². The topological polar surface area (TPSA) is 91.0 Å². The lowest BCUT2D eigenvalue weighted by molar-refractivity contribution is -0.138. The molecule has 7 nitrogen and oxygen atoms in total. The minimum atomic E-state index is -1.33. The normalized spacial score (nSPS) is 20.6. The highest BCUT2D eigenvalue weighted by Gasteiger charge is 2.43. The largest absolute Gasteiger partial charge is 0.342 e. The molecule has 2 aromatic heterocycles. The molecule has 1 aliphatic heterocycles. The van der Waals surface area contributed by atoms with Crippen LogP contribution in [0.25, 0.3) is 10.9 Å². The Hall–Kier alpha value is -4.14. The van der Waals surface area contributed by atoms with Crippen molar-refractivity contribution < 1.29 is 18.4 Å². The number of amides is 2. The van der Waals surface area contributed by atoms with E-state index in [2.05, 4.69) is 20.5 Å². The number of fused-ring (bicyclic) bond motifs is 1. The van der Waals surface area contributed by atoms with Gasteiger partial charge in [0.15, 0.2) is 0 Å². The van der Waals surface area contributed by atoms with E-state index in [0.717, 1.165) is 23.7 Å². The molecule has 2 aromatic carbocycles. The molecule has 2 fully saturated rings. The first-order valence-corrected chi connectivity index (χ1v) is 13.2. The molecule has 3 heterocycles. The van der Waals surface area contributed by atoms with E-state index in [1.165, 1.54) is 4.90 Å². The number of hydrogen-bond donors (Lipinski definition) is 2. The van der Waals surface area contributed by atoms with Gasteiger partial charge >= 0.3 is 0 Å². The molecule has 3 atom stereocenters. The van der Waals surface area contributed by atoms with E-state index in [1.54, 1.807) is 12.1 Å². The maximum absolute atomic E-state index is 15.1. The number of alkyl halides is 1. The second-order valence-electron chi connectivity index (χ2n) is 10.8. The van der Waals surface area contributed by atoms with Gasteiger partial charge in [-0.15, -0.1) is 0 Å². The van der Waals surface area contributed by atoms with Crippen molar-refractivity contribution in [1.82, 2.24) is 25.4 Å². The zero-order valence-electron chi connectivity index (χ0n) is 21.5. The van der Waals surface area contributed by atoms with Gasteiger partial charge in [0, 0.05) is 17.4 Å². The number of aromatic amines is 1. The van der Waals surface area contributed by atoms with E-state index >= 15 is 4.39 Å². The van der Waals surface area contributed by atoms with Crippen molar-refractivity contribution in [2.24, 2.45) is 0 Å². The van der Waals surface area contributed by atoms with Crippen LogP contribution in [0.3, 0.4) is 0 Å². The molecule has 1 aliphatic carbocycles. The fraction of sp³-hybridized carbons (Fsp3) is 0.333. The average molecular weight is 530 g/mol. The minimum absolute atomic E-state index is 0.0356. The zero-order valence-corrected chi connectivity index (χ0v) is 21.5. The van der Waals surface area contributed by atoms with Crippen molar-refractivity contribution in [1.29, 1.82) is 0 Å². The lowest BCUT2D eigenvalue weighted by Gasteiger charge is -2.27. The lowest BCUT2D eigenvalue weighted by atomic mass is 9.97. The third-order valence-electron chi connectivity index (χ3n) is 7.98. The molecule has 4 aromatic rings. The van der Waals surface area contributed by atoms with Gasteiger partial charge in [0.25, 0.3) is 0 Å². The highest BCUT2D eigenvalue weighted by molar-refractivity contribution is 5.91. The number of pyridine rings is 1. The number of H-pyrrole nitrogens is 1. The van der Waals surface area contributed by atoms with Crippen LogP contribution in [0, 0.1) is 5.95 Å². The Balaban J connectivity index is 1.25. The molecule has 0 unspecified atom stereocenters. The quantitative estimate of drug-likeness (QED) is 0.344. The van der Waals surface area contributed by atoms with E-state index in [4.69, 9.17) is 0 Å². The average Bonchev–Trinajstić information content (AvgIpc) is 3.36. The predicted octanol–water partition coefficient (Wildman–Crippen LogP) is 4.54. The number of benzene rings is 2. The monoisotopic (exact) mass is 529 g/mol. The standard InChI is InChI=1S/C30H29F2N5O2/c1-30(13-14-30)21-11-12-23(33-28(21)32)27(18-7-3-2-4-8-18)34-29(39)25-15-19(31)17-37(25)26(38)16-24-20-9-5-6-10-22(20)35-36-24/h2-12,19,25,27H,13-17H2,1H3,(H,34,39)(H,35,36)/t19-,25+,27+/m1/s1. The van der Waals surface area contributed by atoms with Gasteiger partial charge in [-0.05, 0) is 36.0 Å². The number of nitrogens with one attached hydrogen (secondary N) is 2. The summed E-state index contributed by atoms with van der Waals surface area (Å²) in [6, 6.07) is 18.2. The smallest absolute Gasteiger partial charge is 0.243 e. The summed E-state index contributed by atoms with van der Waals surface area (Å²) in [4.78, 5) is 32.4. The van der Waals surface area contributed by atoms with E-state index in [1.807, 2.05) is 61.5 Å². The predicted molar refractivity (Wildman–Crippen MR) is 142 cm³/mol. The number of rotatable bonds is 7. The van der Waals surface area contributed by atoms with Gasteiger partial charge in [-0.1, -0.05) is 61.5 Å². The first kappa shape index (κ1) is 25.2. The van der Waals surface area contributed by atoms with E-state index in [-0.39, 0.29) is 30.7 Å². The van der Waals surface area contributed by atoms with Gasteiger partial charge in [0.2, 0.25) is 17.8 Å². The second-order valence-corrected chi connectivity index (χ2v) is 10.8. The summed E-state index contributed by atoms with van der Waals surface area (Å²) in [5.41, 5.74) is 2.77. The van der Waals surface area contributed by atoms with Gasteiger partial charge in [-0.25, -0.2) is 9.37 Å². The highest BCUT2D eigenvalue weighted by Crippen LogP contribution is 2.48. The molecule has 0 bridgehead atoms. The van der Waals surface area contributed by atoms with Gasteiger partial charge < -0.3 is 10.2 Å². The number of aromatic nitrogens is 3. The molecular weight excluding hydrogens is 500 g/mol. The Bertz CT molecular complexity index is 1530. The van der Waals surface area contributed by atoms with Crippen molar-refractivity contribution >= 4 is 22.7 Å². The van der Waals surface area contributed by atoms with Gasteiger partial charge in [0.1, 0.15) is 12.2 Å². The Morgan fingerprint density at radius 1 is 1.10 bits per heavy atom. The molecule has 2 amide bonds. The summed E-state index contributed by atoms with van der Waals surface area (Å²) in [5, 5.41) is 10.9. The maximum Gasteiger partial charge on any atom is 0.243 e. The number of carbonyl (C=O) groups is 2. The van der Waals surface area contributed by atoms with E-state index in [0.29, 0.717) is 22.5 Å². The fourth-order valence-electron chi connectivity index (χ4n) is 5.44. The summed E-state index contributed by atoms with van der Waals surface area (Å²) in [7, 11) is 0. The van der Waals surface area contributed by atoms with E-state index in [9.17, 15) is 14.0 Å². The molecule has 0 radical (unpaired) electrons. The molecule has 9 heteroatoms. The minimum Gasteiger partial charge on any atom is -0.342 e. The van der Waals surface area contributed by atoms with Crippen molar-refractivity contribution in [2.45, 2.75) is 56.3 Å². The molecule has 1 saturated heterocycles. The van der Waals surface area contributed by atoms with Crippen LogP contribution < -0.4 is 5.32 Å². The number of hydrogen-bond acceptors (Lipinski definition) is 4. The van der Waals surface area contributed by atoms with Gasteiger partial charge in [0.05, 0.1) is 35.9 Å². The van der Waals surface area contributed by atoms with Crippen LogP contribution >= 0.6 is 0 Å². The molecule has 0 spiro atoms. The van der Waals surface area contributed by atoms with Crippen molar-refractivity contribution in [2.75, 3.05) is 6.54 Å². The lowest BCUT2D eigenvalue weighted by Crippen LogP contribution is -2.47.